The van der Waals surface area contributed by atoms with Crippen LogP contribution in [-0.4, -0.2) is 0 Å². The molecular weight excluding hydrogens is 504 g/mol. The maximum atomic E-state index is 11.1. The lowest BCUT2D eigenvalue weighted by molar-refractivity contribution is 1.37. The van der Waals surface area contributed by atoms with Gasteiger partial charge in [0.25, 0.3) is 0 Å². The Balaban J connectivity index is 1.92. The standard InChI is InChI=1S/C32H22N4O4/c1-19-29(21-3-11-25(33-37)12-4-21)31(23-7-15-27(35-39)16-8-23)20(2)32(24-9-17-28(36-40)18-10-24)30(19)22-5-13-26(34-38)14-6-22/h3-18H,1-2H3. The summed E-state index contributed by atoms with van der Waals surface area (Å²) >= 11 is 0. The molecule has 0 N–H and O–H groups in total. The lowest BCUT2D eigenvalue weighted by atomic mass is 9.78. The van der Waals surface area contributed by atoms with Gasteiger partial charge in [0.1, 0.15) is 22.7 Å². The fraction of sp³-hybridized carbons (Fsp3) is 0.0625. The zero-order chi connectivity index (χ0) is 28.2. The molecule has 0 fully saturated rings. The van der Waals surface area contributed by atoms with E-state index in [-0.39, 0.29) is 0 Å². The summed E-state index contributed by atoms with van der Waals surface area (Å²) in [5.74, 6) is 0. The highest BCUT2D eigenvalue weighted by Crippen LogP contribution is 2.49. The van der Waals surface area contributed by atoms with Crippen LogP contribution in [0.15, 0.2) is 118 Å². The van der Waals surface area contributed by atoms with Gasteiger partial charge < -0.3 is 0 Å². The fourth-order valence-corrected chi connectivity index (χ4v) is 5.20. The summed E-state index contributed by atoms with van der Waals surface area (Å²) in [7, 11) is 0. The van der Waals surface area contributed by atoms with E-state index in [0.717, 1.165) is 55.6 Å². The van der Waals surface area contributed by atoms with Crippen LogP contribution in [0, 0.1) is 33.5 Å². The molecule has 0 amide bonds. The van der Waals surface area contributed by atoms with Gasteiger partial charge in [-0.3, -0.25) is 0 Å². The Morgan fingerprint density at radius 2 is 0.500 bits per heavy atom. The second-order valence-electron chi connectivity index (χ2n) is 9.30. The average molecular weight is 527 g/mol. The van der Waals surface area contributed by atoms with Crippen LogP contribution in [0.5, 0.6) is 0 Å². The van der Waals surface area contributed by atoms with Gasteiger partial charge >= 0.3 is 0 Å². The molecule has 5 rings (SSSR count). The minimum Gasteiger partial charge on any atom is -0.145 e. The zero-order valence-electron chi connectivity index (χ0n) is 21.7. The molecule has 0 saturated carbocycles. The predicted molar refractivity (Wildman–Crippen MR) is 159 cm³/mol. The van der Waals surface area contributed by atoms with Crippen LogP contribution < -0.4 is 0 Å². The van der Waals surface area contributed by atoms with Crippen LogP contribution in [0.2, 0.25) is 0 Å². The normalized spacial score (nSPS) is 10.7. The third kappa shape index (κ3) is 4.74. The van der Waals surface area contributed by atoms with Crippen LogP contribution in [0.1, 0.15) is 11.1 Å². The van der Waals surface area contributed by atoms with Crippen molar-refractivity contribution in [2.24, 2.45) is 20.7 Å². The highest BCUT2D eigenvalue weighted by Gasteiger charge is 2.24. The number of hydrogen-bond acceptors (Lipinski definition) is 8. The summed E-state index contributed by atoms with van der Waals surface area (Å²) in [6.07, 6.45) is 0. The fourth-order valence-electron chi connectivity index (χ4n) is 5.20. The van der Waals surface area contributed by atoms with Gasteiger partial charge in [0.05, 0.1) is 0 Å². The monoisotopic (exact) mass is 526 g/mol. The van der Waals surface area contributed by atoms with Crippen LogP contribution in [0.4, 0.5) is 22.7 Å². The van der Waals surface area contributed by atoms with E-state index < -0.39 is 0 Å². The SMILES string of the molecule is Cc1c(-c2ccc(N=O)cc2)c(-c2ccc(N=O)cc2)c(C)c(-c2ccc(N=O)cc2)c1-c1ccc(N=O)cc1. The number of hydrogen-bond donors (Lipinski definition) is 0. The van der Waals surface area contributed by atoms with E-state index >= 15 is 0 Å². The van der Waals surface area contributed by atoms with Crippen LogP contribution in [0.3, 0.4) is 0 Å². The molecule has 0 atom stereocenters. The molecule has 0 unspecified atom stereocenters. The Hall–Kier alpha value is -5.50. The van der Waals surface area contributed by atoms with Gasteiger partial charge in [0, 0.05) is 0 Å². The average Bonchev–Trinajstić information content (AvgIpc) is 3.02. The first-order chi connectivity index (χ1) is 19.5. The molecule has 40 heavy (non-hydrogen) atoms. The van der Waals surface area contributed by atoms with E-state index in [0.29, 0.717) is 22.7 Å². The number of nitrogens with zero attached hydrogens (tertiary/aromatic N) is 4. The van der Waals surface area contributed by atoms with E-state index in [1.807, 2.05) is 62.4 Å². The van der Waals surface area contributed by atoms with Crippen molar-refractivity contribution in [2.45, 2.75) is 13.8 Å². The minimum absolute atomic E-state index is 0.318. The van der Waals surface area contributed by atoms with Crippen LogP contribution in [0.25, 0.3) is 44.5 Å². The van der Waals surface area contributed by atoms with Crippen molar-refractivity contribution in [1.82, 2.24) is 0 Å². The Kier molecular flexibility index (Phi) is 7.24. The van der Waals surface area contributed by atoms with Crippen molar-refractivity contribution in [3.8, 4) is 44.5 Å². The van der Waals surface area contributed by atoms with E-state index in [1.54, 1.807) is 48.5 Å². The van der Waals surface area contributed by atoms with Gasteiger partial charge in [0.2, 0.25) is 0 Å². The molecule has 0 heterocycles. The molecule has 194 valence electrons. The lowest BCUT2D eigenvalue weighted by Gasteiger charge is -2.25. The molecule has 0 saturated heterocycles. The smallest absolute Gasteiger partial charge is 0.108 e. The first kappa shape index (κ1) is 26.1. The first-order valence-electron chi connectivity index (χ1n) is 12.4. The molecule has 0 aliphatic heterocycles. The van der Waals surface area contributed by atoms with Crippen LogP contribution in [-0.2, 0) is 0 Å². The van der Waals surface area contributed by atoms with Crippen molar-refractivity contribution in [3.63, 3.8) is 0 Å². The van der Waals surface area contributed by atoms with Gasteiger partial charge in [0.15, 0.2) is 0 Å². The number of rotatable bonds is 8. The lowest BCUT2D eigenvalue weighted by Crippen LogP contribution is -2.01. The quantitative estimate of drug-likeness (QED) is 0.187. The zero-order valence-corrected chi connectivity index (χ0v) is 21.7. The minimum atomic E-state index is 0.318. The second kappa shape index (κ2) is 11.1. The van der Waals surface area contributed by atoms with Gasteiger partial charge in [-0.1, -0.05) is 48.5 Å². The molecule has 0 aliphatic rings. The van der Waals surface area contributed by atoms with Crippen molar-refractivity contribution >= 4 is 22.7 Å². The number of nitroso groups, excluding NO2 is 4. The Bertz CT molecular complexity index is 1480. The van der Waals surface area contributed by atoms with Crippen molar-refractivity contribution in [3.05, 3.63) is 128 Å². The van der Waals surface area contributed by atoms with Crippen molar-refractivity contribution in [1.29, 1.82) is 0 Å². The molecule has 0 radical (unpaired) electrons. The molecule has 8 nitrogen and oxygen atoms in total. The first-order valence-corrected chi connectivity index (χ1v) is 12.4. The molecule has 5 aromatic rings. The van der Waals surface area contributed by atoms with E-state index in [9.17, 15) is 19.6 Å². The third-order valence-electron chi connectivity index (χ3n) is 7.05. The summed E-state index contributed by atoms with van der Waals surface area (Å²) in [5.41, 5.74) is 10.4. The van der Waals surface area contributed by atoms with E-state index in [4.69, 9.17) is 0 Å². The van der Waals surface area contributed by atoms with Gasteiger partial charge in [-0.15, -0.1) is 19.6 Å². The summed E-state index contributed by atoms with van der Waals surface area (Å²) in [5, 5.41) is 12.2. The summed E-state index contributed by atoms with van der Waals surface area (Å²) < 4.78 is 0. The predicted octanol–water partition coefficient (Wildman–Crippen LogP) is 10.6. The molecule has 0 aromatic heterocycles. The van der Waals surface area contributed by atoms with E-state index in [1.165, 1.54) is 0 Å². The van der Waals surface area contributed by atoms with Crippen LogP contribution >= 0.6 is 0 Å². The highest BCUT2D eigenvalue weighted by atomic mass is 16.3. The van der Waals surface area contributed by atoms with Gasteiger partial charge in [-0.2, -0.15) is 0 Å². The maximum Gasteiger partial charge on any atom is 0.108 e. The molecule has 0 aliphatic carbocycles. The molecule has 0 bridgehead atoms. The second-order valence-corrected chi connectivity index (χ2v) is 9.30. The van der Waals surface area contributed by atoms with Gasteiger partial charge in [-0.25, -0.2) is 0 Å². The maximum absolute atomic E-state index is 11.1. The topological polar surface area (TPSA) is 118 Å². The highest BCUT2D eigenvalue weighted by molar-refractivity contribution is 6.01. The largest absolute Gasteiger partial charge is 0.145 e. The summed E-state index contributed by atoms with van der Waals surface area (Å²) in [6.45, 7) is 4.05. The van der Waals surface area contributed by atoms with Crippen molar-refractivity contribution < 1.29 is 0 Å². The molecule has 8 heteroatoms. The Morgan fingerprint density at radius 1 is 0.325 bits per heavy atom. The number of benzene rings is 5. The van der Waals surface area contributed by atoms with Crippen molar-refractivity contribution in [2.75, 3.05) is 0 Å². The Labute approximate surface area is 229 Å². The van der Waals surface area contributed by atoms with Gasteiger partial charge in [-0.05, 0) is 139 Å². The molecule has 5 aromatic carbocycles. The third-order valence-corrected chi connectivity index (χ3v) is 7.05. The summed E-state index contributed by atoms with van der Waals surface area (Å²) in [6, 6.07) is 28.2. The Morgan fingerprint density at radius 3 is 0.650 bits per heavy atom. The van der Waals surface area contributed by atoms with E-state index in [2.05, 4.69) is 20.7 Å². The molecular formula is C32H22N4O4. The summed E-state index contributed by atoms with van der Waals surface area (Å²) in [4.78, 5) is 44.5. The molecule has 0 spiro atoms.